The first-order valence-electron chi connectivity index (χ1n) is 12.7. The van der Waals surface area contributed by atoms with E-state index in [1.165, 1.54) is 55.2 Å². The summed E-state index contributed by atoms with van der Waals surface area (Å²) < 4.78 is 21.1. The molecule has 0 N–H and O–H groups in total. The average molecular weight is 423 g/mol. The van der Waals surface area contributed by atoms with Crippen molar-refractivity contribution in [2.24, 2.45) is 5.92 Å². The van der Waals surface area contributed by atoms with E-state index in [2.05, 4.69) is 44.2 Å². The Hall–Kier alpha value is -1.83. The Morgan fingerprint density at radius 3 is 2.45 bits per heavy atom. The third-order valence-corrected chi connectivity index (χ3v) is 7.65. The van der Waals surface area contributed by atoms with Gasteiger partial charge in [-0.2, -0.15) is 0 Å². The van der Waals surface area contributed by atoms with Crippen molar-refractivity contribution < 1.29 is 9.13 Å². The highest BCUT2D eigenvalue weighted by Gasteiger charge is 2.26. The highest BCUT2D eigenvalue weighted by atomic mass is 19.1. The van der Waals surface area contributed by atoms with E-state index < -0.39 is 0 Å². The third-order valence-electron chi connectivity index (χ3n) is 7.65. The lowest BCUT2D eigenvalue weighted by atomic mass is 9.76. The zero-order valence-electron chi connectivity index (χ0n) is 19.5. The van der Waals surface area contributed by atoms with Gasteiger partial charge in [-0.25, -0.2) is 4.39 Å². The molecule has 0 amide bonds. The molecule has 1 fully saturated rings. The number of hydrogen-bond acceptors (Lipinski definition) is 1. The molecule has 0 saturated heterocycles. The molecule has 0 heterocycles. The quantitative estimate of drug-likeness (QED) is 0.388. The fraction of sp³-hybridized carbons (Fsp3) is 0.586. The van der Waals surface area contributed by atoms with E-state index in [4.69, 9.17) is 4.74 Å². The number of ether oxygens (including phenoxy) is 1. The number of benzene rings is 2. The van der Waals surface area contributed by atoms with Gasteiger partial charge in [-0.15, -0.1) is 0 Å². The van der Waals surface area contributed by atoms with Crippen LogP contribution in [0.15, 0.2) is 36.4 Å². The van der Waals surface area contributed by atoms with Crippen LogP contribution in [0, 0.1) is 11.7 Å². The van der Waals surface area contributed by atoms with Gasteiger partial charge in [0.1, 0.15) is 11.6 Å². The van der Waals surface area contributed by atoms with E-state index >= 15 is 4.39 Å². The second-order valence-corrected chi connectivity index (χ2v) is 9.86. The number of halogens is 1. The van der Waals surface area contributed by atoms with Crippen LogP contribution in [0.1, 0.15) is 106 Å². The normalized spacial score (nSPS) is 23.4. The lowest BCUT2D eigenvalue weighted by Crippen LogP contribution is -2.16. The monoisotopic (exact) mass is 422 g/mol. The molecule has 2 aromatic rings. The van der Waals surface area contributed by atoms with Crippen LogP contribution in [-0.2, 0) is 12.8 Å². The van der Waals surface area contributed by atoms with Crippen LogP contribution in [0.2, 0.25) is 0 Å². The molecule has 0 radical (unpaired) electrons. The maximum atomic E-state index is 15.2. The van der Waals surface area contributed by atoms with Crippen LogP contribution in [0.4, 0.5) is 4.39 Å². The summed E-state index contributed by atoms with van der Waals surface area (Å²) in [6, 6.07) is 12.7. The van der Waals surface area contributed by atoms with Crippen molar-refractivity contribution in [3.05, 3.63) is 64.5 Å². The van der Waals surface area contributed by atoms with Gasteiger partial charge in [-0.3, -0.25) is 0 Å². The van der Waals surface area contributed by atoms with Gasteiger partial charge in [0.15, 0.2) is 0 Å². The molecule has 2 aliphatic carbocycles. The van der Waals surface area contributed by atoms with Crippen molar-refractivity contribution in [2.45, 2.75) is 96.3 Å². The lowest BCUT2D eigenvalue weighted by Gasteiger charge is -2.29. The van der Waals surface area contributed by atoms with E-state index in [9.17, 15) is 0 Å². The molecule has 0 aromatic heterocycles. The van der Waals surface area contributed by atoms with Gasteiger partial charge in [0, 0.05) is 0 Å². The van der Waals surface area contributed by atoms with Gasteiger partial charge < -0.3 is 4.74 Å². The second kappa shape index (κ2) is 10.7. The highest BCUT2D eigenvalue weighted by Crippen LogP contribution is 2.40. The first-order valence-corrected chi connectivity index (χ1v) is 12.7. The molecule has 1 unspecified atom stereocenters. The first kappa shape index (κ1) is 22.4. The van der Waals surface area contributed by atoms with Crippen molar-refractivity contribution in [2.75, 3.05) is 6.61 Å². The number of fused-ring (bicyclic) bond motifs is 1. The summed E-state index contributed by atoms with van der Waals surface area (Å²) in [5.41, 5.74) is 4.88. The predicted octanol–water partition coefficient (Wildman–Crippen LogP) is 8.35. The molecule has 0 aliphatic heterocycles. The zero-order valence-corrected chi connectivity index (χ0v) is 19.5. The number of rotatable bonds is 8. The molecule has 1 saturated carbocycles. The third kappa shape index (κ3) is 5.51. The Morgan fingerprint density at radius 1 is 0.871 bits per heavy atom. The van der Waals surface area contributed by atoms with E-state index in [1.807, 2.05) is 6.07 Å². The molecule has 2 heteroatoms. The summed E-state index contributed by atoms with van der Waals surface area (Å²) in [6.07, 6.45) is 12.9. The summed E-state index contributed by atoms with van der Waals surface area (Å²) in [5, 5.41) is 0. The number of hydrogen-bond donors (Lipinski definition) is 0. The Bertz CT molecular complexity index is 850. The van der Waals surface area contributed by atoms with Crippen molar-refractivity contribution in [3.8, 4) is 5.75 Å². The second-order valence-electron chi connectivity index (χ2n) is 9.86. The van der Waals surface area contributed by atoms with Gasteiger partial charge in [-0.1, -0.05) is 51.3 Å². The first-order chi connectivity index (χ1) is 15.2. The Kier molecular flexibility index (Phi) is 7.69. The largest absolute Gasteiger partial charge is 0.494 e. The van der Waals surface area contributed by atoms with Crippen molar-refractivity contribution in [1.82, 2.24) is 0 Å². The van der Waals surface area contributed by atoms with E-state index in [-0.39, 0.29) is 11.7 Å². The van der Waals surface area contributed by atoms with Gasteiger partial charge >= 0.3 is 0 Å². The fourth-order valence-electron chi connectivity index (χ4n) is 5.74. The zero-order chi connectivity index (χ0) is 21.6. The van der Waals surface area contributed by atoms with Crippen LogP contribution in [0.5, 0.6) is 5.75 Å². The SMILES string of the molecule is CCCCOc1ccc2c(c1)CCC(c1ccc(C3CCC(CCC)CC3)cc1F)C2. The summed E-state index contributed by atoms with van der Waals surface area (Å²) >= 11 is 0. The summed E-state index contributed by atoms with van der Waals surface area (Å²) in [6.45, 7) is 5.25. The summed E-state index contributed by atoms with van der Waals surface area (Å²) in [4.78, 5) is 0. The topological polar surface area (TPSA) is 9.23 Å². The molecule has 168 valence electrons. The minimum Gasteiger partial charge on any atom is -0.494 e. The minimum absolute atomic E-state index is 0.0150. The van der Waals surface area contributed by atoms with E-state index in [1.54, 1.807) is 0 Å². The van der Waals surface area contributed by atoms with Crippen molar-refractivity contribution >= 4 is 0 Å². The lowest BCUT2D eigenvalue weighted by molar-refractivity contribution is 0.308. The fourth-order valence-corrected chi connectivity index (χ4v) is 5.74. The molecule has 31 heavy (non-hydrogen) atoms. The summed E-state index contributed by atoms with van der Waals surface area (Å²) in [5.74, 6) is 2.73. The van der Waals surface area contributed by atoms with Crippen LogP contribution >= 0.6 is 0 Å². The average Bonchev–Trinajstić information content (AvgIpc) is 2.79. The standard InChI is InChI=1S/C29H39FO/c1-3-5-17-31-27-15-13-23-18-26(12-11-24(23)19-27)28-16-14-25(20-29(28)30)22-9-7-21(6-4-2)8-10-22/h13-16,19-22,26H,3-12,17-18H2,1-2H3. The predicted molar refractivity (Wildman–Crippen MR) is 128 cm³/mol. The molecule has 2 aromatic carbocycles. The van der Waals surface area contributed by atoms with Gasteiger partial charge in [0.2, 0.25) is 0 Å². The maximum absolute atomic E-state index is 15.2. The Balaban J connectivity index is 1.39. The van der Waals surface area contributed by atoms with Crippen LogP contribution in [0.25, 0.3) is 0 Å². The van der Waals surface area contributed by atoms with Crippen molar-refractivity contribution in [1.29, 1.82) is 0 Å². The van der Waals surface area contributed by atoms with E-state index in [0.717, 1.165) is 55.9 Å². The Labute approximate surface area is 188 Å². The van der Waals surface area contributed by atoms with Gasteiger partial charge in [0.25, 0.3) is 0 Å². The Morgan fingerprint density at radius 2 is 1.71 bits per heavy atom. The van der Waals surface area contributed by atoms with Gasteiger partial charge in [-0.05, 0) is 110 Å². The highest BCUT2D eigenvalue weighted by molar-refractivity contribution is 5.40. The molecule has 2 aliphatic rings. The molecule has 1 atom stereocenters. The van der Waals surface area contributed by atoms with Crippen LogP contribution < -0.4 is 4.74 Å². The molecule has 0 bridgehead atoms. The smallest absolute Gasteiger partial charge is 0.126 e. The molecular formula is C29H39FO. The molecule has 4 rings (SSSR count). The van der Waals surface area contributed by atoms with Crippen LogP contribution in [-0.4, -0.2) is 6.61 Å². The number of aryl methyl sites for hydroxylation is 1. The van der Waals surface area contributed by atoms with Gasteiger partial charge in [0.05, 0.1) is 6.61 Å². The molecular weight excluding hydrogens is 383 g/mol. The number of unbranched alkanes of at least 4 members (excludes halogenated alkanes) is 1. The van der Waals surface area contributed by atoms with Crippen molar-refractivity contribution in [3.63, 3.8) is 0 Å². The molecule has 1 nitrogen and oxygen atoms in total. The molecule has 0 spiro atoms. The summed E-state index contributed by atoms with van der Waals surface area (Å²) in [7, 11) is 0. The maximum Gasteiger partial charge on any atom is 0.126 e. The minimum atomic E-state index is 0.0150. The van der Waals surface area contributed by atoms with Crippen LogP contribution in [0.3, 0.4) is 0 Å². The van der Waals surface area contributed by atoms with E-state index in [0.29, 0.717) is 5.92 Å².